The van der Waals surface area contributed by atoms with E-state index in [2.05, 4.69) is 10.2 Å². The summed E-state index contributed by atoms with van der Waals surface area (Å²) >= 11 is 0. The second kappa shape index (κ2) is 8.05. The molecule has 0 bridgehead atoms. The summed E-state index contributed by atoms with van der Waals surface area (Å²) in [6.07, 6.45) is 7.17. The number of sulfone groups is 1. The van der Waals surface area contributed by atoms with Crippen molar-refractivity contribution in [1.82, 2.24) is 10.2 Å². The van der Waals surface area contributed by atoms with Crippen molar-refractivity contribution in [1.29, 1.82) is 0 Å². The number of hydrogen-bond donors (Lipinski definition) is 1. The highest BCUT2D eigenvalue weighted by atomic mass is 32.2. The third-order valence-corrected chi connectivity index (χ3v) is 7.38. The zero-order chi connectivity index (χ0) is 18.6. The highest BCUT2D eigenvalue weighted by Crippen LogP contribution is 2.36. The van der Waals surface area contributed by atoms with Gasteiger partial charge in [0.25, 0.3) is 0 Å². The molecule has 0 unspecified atom stereocenters. The lowest BCUT2D eigenvalue weighted by atomic mass is 9.79. The van der Waals surface area contributed by atoms with Gasteiger partial charge in [-0.1, -0.05) is 19.3 Å². The molecule has 0 aromatic heterocycles. The molecule has 5 nitrogen and oxygen atoms in total. The lowest BCUT2D eigenvalue weighted by Gasteiger charge is -2.43. The van der Waals surface area contributed by atoms with E-state index < -0.39 is 21.2 Å². The average Bonchev–Trinajstić information content (AvgIpc) is 3.17. The van der Waals surface area contributed by atoms with Gasteiger partial charge in [0, 0.05) is 6.54 Å². The van der Waals surface area contributed by atoms with Gasteiger partial charge in [-0.05, 0) is 63.0 Å². The first-order valence-electron chi connectivity index (χ1n) is 9.46. The molecule has 7 heteroatoms. The minimum absolute atomic E-state index is 0.0339. The number of carbonyl (C=O) groups is 1. The Morgan fingerprint density at radius 1 is 1.04 bits per heavy atom. The molecule has 2 fully saturated rings. The maximum Gasteiger partial charge on any atom is 0.240 e. The summed E-state index contributed by atoms with van der Waals surface area (Å²) in [7, 11) is -3.54. The van der Waals surface area contributed by atoms with Crippen molar-refractivity contribution in [3.8, 4) is 0 Å². The van der Waals surface area contributed by atoms with Crippen LogP contribution in [0.5, 0.6) is 0 Å². The molecule has 0 spiro atoms. The second-order valence-corrected chi connectivity index (χ2v) is 9.42. The first kappa shape index (κ1) is 19.3. The van der Waals surface area contributed by atoms with Gasteiger partial charge in [-0.25, -0.2) is 12.8 Å². The van der Waals surface area contributed by atoms with Crippen LogP contribution in [0, 0.1) is 5.82 Å². The molecular formula is C19H27FN2O3S. The molecule has 3 rings (SSSR count). The lowest BCUT2D eigenvalue weighted by molar-refractivity contribution is -0.135. The van der Waals surface area contributed by atoms with E-state index >= 15 is 0 Å². The molecule has 1 saturated heterocycles. The van der Waals surface area contributed by atoms with Crippen LogP contribution in [0.2, 0.25) is 0 Å². The van der Waals surface area contributed by atoms with Crippen molar-refractivity contribution in [3.63, 3.8) is 0 Å². The zero-order valence-electron chi connectivity index (χ0n) is 15.0. The van der Waals surface area contributed by atoms with Gasteiger partial charge in [0.1, 0.15) is 11.4 Å². The maximum absolute atomic E-state index is 13.0. The van der Waals surface area contributed by atoms with E-state index in [1.165, 1.54) is 12.1 Å². The minimum atomic E-state index is -3.54. The molecule has 1 aliphatic heterocycles. The molecule has 26 heavy (non-hydrogen) atoms. The number of hydrogen-bond acceptors (Lipinski definition) is 4. The van der Waals surface area contributed by atoms with Crippen molar-refractivity contribution in [3.05, 3.63) is 30.1 Å². The topological polar surface area (TPSA) is 66.5 Å². The smallest absolute Gasteiger partial charge is 0.240 e. The SMILES string of the molecule is O=C(NCCS(=O)(=O)c1ccc(F)cc1)C1(N2CCCC2)CCCCC1. The number of carbonyl (C=O) groups excluding carboxylic acids is 1. The summed E-state index contributed by atoms with van der Waals surface area (Å²) in [4.78, 5) is 15.4. The van der Waals surface area contributed by atoms with E-state index in [1.54, 1.807) is 0 Å². The lowest BCUT2D eigenvalue weighted by Crippen LogP contribution is -2.59. The number of rotatable bonds is 6. The Bertz CT molecular complexity index is 722. The van der Waals surface area contributed by atoms with E-state index in [-0.39, 0.29) is 23.1 Å². The highest BCUT2D eigenvalue weighted by molar-refractivity contribution is 7.91. The summed E-state index contributed by atoms with van der Waals surface area (Å²) in [6.45, 7) is 1.97. The largest absolute Gasteiger partial charge is 0.353 e. The quantitative estimate of drug-likeness (QED) is 0.768. The maximum atomic E-state index is 13.0. The Balaban J connectivity index is 1.62. The van der Waals surface area contributed by atoms with Crippen LogP contribution >= 0.6 is 0 Å². The number of benzene rings is 1. The van der Waals surface area contributed by atoms with Gasteiger partial charge in [0.15, 0.2) is 9.84 Å². The molecule has 0 atom stereocenters. The third kappa shape index (κ3) is 4.09. The molecule has 1 heterocycles. The number of nitrogens with one attached hydrogen (secondary N) is 1. The van der Waals surface area contributed by atoms with Gasteiger partial charge < -0.3 is 5.32 Å². The Morgan fingerprint density at radius 3 is 2.27 bits per heavy atom. The molecule has 1 saturated carbocycles. The molecule has 1 aromatic carbocycles. The van der Waals surface area contributed by atoms with Gasteiger partial charge in [-0.15, -0.1) is 0 Å². The van der Waals surface area contributed by atoms with Crippen LogP contribution in [-0.2, 0) is 14.6 Å². The summed E-state index contributed by atoms with van der Waals surface area (Å²) in [6, 6.07) is 4.80. The van der Waals surface area contributed by atoms with Crippen LogP contribution in [-0.4, -0.2) is 50.2 Å². The number of halogens is 1. The fraction of sp³-hybridized carbons (Fsp3) is 0.632. The fourth-order valence-corrected chi connectivity index (χ4v) is 5.35. The van der Waals surface area contributed by atoms with Crippen LogP contribution in [0.25, 0.3) is 0 Å². The van der Waals surface area contributed by atoms with E-state index in [0.717, 1.165) is 70.2 Å². The standard InChI is InChI=1S/C19H27FN2O3S/c20-16-6-8-17(9-7-16)26(24,25)15-12-21-18(23)19(10-2-1-3-11-19)22-13-4-5-14-22/h6-9H,1-5,10-15H2,(H,21,23). The molecule has 144 valence electrons. The van der Waals surface area contributed by atoms with Gasteiger partial charge in [0.2, 0.25) is 5.91 Å². The van der Waals surface area contributed by atoms with Crippen LogP contribution in [0.1, 0.15) is 44.9 Å². The summed E-state index contributed by atoms with van der Waals surface area (Å²) in [5, 5.41) is 2.87. The first-order valence-corrected chi connectivity index (χ1v) is 11.1. The molecule has 1 aromatic rings. The molecule has 1 amide bonds. The molecular weight excluding hydrogens is 355 g/mol. The molecule has 1 N–H and O–H groups in total. The van der Waals surface area contributed by atoms with E-state index in [1.807, 2.05) is 0 Å². The monoisotopic (exact) mass is 382 g/mol. The number of nitrogens with zero attached hydrogens (tertiary/aromatic N) is 1. The Morgan fingerprint density at radius 2 is 1.65 bits per heavy atom. The van der Waals surface area contributed by atoms with E-state index in [4.69, 9.17) is 0 Å². The van der Waals surface area contributed by atoms with Crippen molar-refractivity contribution in [2.75, 3.05) is 25.4 Å². The van der Waals surface area contributed by atoms with Crippen LogP contribution in [0.4, 0.5) is 4.39 Å². The van der Waals surface area contributed by atoms with Crippen molar-refractivity contribution < 1.29 is 17.6 Å². The number of amides is 1. The Kier molecular flexibility index (Phi) is 5.97. The van der Waals surface area contributed by atoms with Crippen LogP contribution < -0.4 is 5.32 Å². The third-order valence-electron chi connectivity index (χ3n) is 5.64. The van der Waals surface area contributed by atoms with Gasteiger partial charge in [-0.3, -0.25) is 9.69 Å². The normalized spacial score (nSPS) is 20.8. The van der Waals surface area contributed by atoms with Crippen LogP contribution in [0.15, 0.2) is 29.2 Å². The van der Waals surface area contributed by atoms with E-state index in [0.29, 0.717) is 0 Å². The van der Waals surface area contributed by atoms with E-state index in [9.17, 15) is 17.6 Å². The highest BCUT2D eigenvalue weighted by Gasteiger charge is 2.45. The fourth-order valence-electron chi connectivity index (χ4n) is 4.19. The van der Waals surface area contributed by atoms with Crippen LogP contribution in [0.3, 0.4) is 0 Å². The Labute approximate surface area is 154 Å². The van der Waals surface area contributed by atoms with Gasteiger partial charge in [-0.2, -0.15) is 0 Å². The molecule has 0 radical (unpaired) electrons. The summed E-state index contributed by atoms with van der Waals surface area (Å²) in [5.74, 6) is -0.684. The minimum Gasteiger partial charge on any atom is -0.353 e. The molecule has 1 aliphatic carbocycles. The summed E-state index contributed by atoms with van der Waals surface area (Å²) in [5.41, 5.74) is -0.464. The van der Waals surface area contributed by atoms with Crippen molar-refractivity contribution in [2.45, 2.75) is 55.4 Å². The van der Waals surface area contributed by atoms with Gasteiger partial charge >= 0.3 is 0 Å². The molecule has 2 aliphatic rings. The predicted octanol–water partition coefficient (Wildman–Crippen LogP) is 2.51. The number of likely N-dealkylation sites (tertiary alicyclic amines) is 1. The van der Waals surface area contributed by atoms with Crippen molar-refractivity contribution in [2.24, 2.45) is 0 Å². The summed E-state index contributed by atoms with van der Waals surface area (Å²) < 4.78 is 37.7. The predicted molar refractivity (Wildman–Crippen MR) is 98.1 cm³/mol. The zero-order valence-corrected chi connectivity index (χ0v) is 15.9. The first-order chi connectivity index (χ1) is 12.4. The average molecular weight is 383 g/mol. The Hall–Kier alpha value is -1.47. The van der Waals surface area contributed by atoms with Gasteiger partial charge in [0.05, 0.1) is 10.6 Å². The second-order valence-electron chi connectivity index (χ2n) is 7.32. The van der Waals surface area contributed by atoms with Crippen molar-refractivity contribution >= 4 is 15.7 Å².